The summed E-state index contributed by atoms with van der Waals surface area (Å²) in [5.74, 6) is 1.08. The minimum absolute atomic E-state index is 0.0693. The number of nitrogens with one attached hydrogen (secondary N) is 1. The van der Waals surface area contributed by atoms with Crippen molar-refractivity contribution in [2.45, 2.75) is 36.8 Å². The molecule has 4 nitrogen and oxygen atoms in total. The van der Waals surface area contributed by atoms with Crippen LogP contribution in [0.15, 0.2) is 46.2 Å². The van der Waals surface area contributed by atoms with Crippen molar-refractivity contribution in [1.29, 1.82) is 0 Å². The highest BCUT2D eigenvalue weighted by molar-refractivity contribution is 7.99. The van der Waals surface area contributed by atoms with Crippen molar-refractivity contribution in [3.63, 3.8) is 0 Å². The number of amides is 1. The Hall–Kier alpha value is -2.01. The first-order valence-corrected chi connectivity index (χ1v) is 8.88. The van der Waals surface area contributed by atoms with Gasteiger partial charge in [-0.15, -0.1) is 11.8 Å². The minimum Gasteiger partial charge on any atom is -0.324 e. The quantitative estimate of drug-likeness (QED) is 0.941. The zero-order valence-corrected chi connectivity index (χ0v) is 13.7. The average Bonchev–Trinajstić information content (AvgIpc) is 3.25. The molecule has 2 aliphatic rings. The fourth-order valence-corrected chi connectivity index (χ4v) is 4.67. The first-order valence-electron chi connectivity index (χ1n) is 7.90. The molecule has 1 saturated carbocycles. The van der Waals surface area contributed by atoms with Gasteiger partial charge in [-0.2, -0.15) is 0 Å². The number of aromatic nitrogens is 1. The zero-order valence-electron chi connectivity index (χ0n) is 12.9. The molecule has 0 saturated heterocycles. The number of pyridine rings is 1. The number of benzene rings is 1. The first kappa shape index (κ1) is 14.6. The largest absolute Gasteiger partial charge is 0.324 e. The maximum absolute atomic E-state index is 12.6. The maximum atomic E-state index is 12.6. The molecule has 0 radical (unpaired) electrons. The number of hydrogen-bond donors (Lipinski definition) is 1. The molecule has 1 aliphatic heterocycles. The summed E-state index contributed by atoms with van der Waals surface area (Å²) < 4.78 is 1.70. The highest BCUT2D eigenvalue weighted by Crippen LogP contribution is 2.48. The van der Waals surface area contributed by atoms with Crippen LogP contribution in [0.5, 0.6) is 0 Å². The lowest BCUT2D eigenvalue weighted by atomic mass is 10.1. The number of nitrogens with zero attached hydrogens (tertiary/aromatic N) is 1. The Morgan fingerprint density at radius 2 is 2.00 bits per heavy atom. The van der Waals surface area contributed by atoms with Crippen LogP contribution in [0.25, 0.3) is 0 Å². The van der Waals surface area contributed by atoms with Crippen LogP contribution in [0.1, 0.15) is 35.9 Å². The summed E-state index contributed by atoms with van der Waals surface area (Å²) in [6.45, 7) is 2.01. The highest BCUT2D eigenvalue weighted by atomic mass is 32.2. The van der Waals surface area contributed by atoms with E-state index in [1.807, 2.05) is 37.3 Å². The van der Waals surface area contributed by atoms with Gasteiger partial charge in [0, 0.05) is 17.5 Å². The van der Waals surface area contributed by atoms with E-state index in [1.54, 1.807) is 22.4 Å². The predicted octanol–water partition coefficient (Wildman–Crippen LogP) is 3.32. The summed E-state index contributed by atoms with van der Waals surface area (Å²) in [7, 11) is 0. The standard InChI is InChI=1S/C18H18N2O2S/c1-11-9-15(21)20-14(10-23-18(20)16(11)12-7-8-12)17(22)19-13-5-3-2-4-6-13/h2-6,9,12,14H,7-8,10H2,1H3,(H,19,22)/t14-/m0/s1. The van der Waals surface area contributed by atoms with E-state index < -0.39 is 6.04 Å². The number of carbonyl (C=O) groups excluding carboxylic acids is 1. The highest BCUT2D eigenvalue weighted by Gasteiger charge is 2.36. The second-order valence-corrected chi connectivity index (χ2v) is 7.22. The third-order valence-electron chi connectivity index (χ3n) is 4.47. The lowest BCUT2D eigenvalue weighted by Gasteiger charge is -2.16. The number of thioether (sulfide) groups is 1. The smallest absolute Gasteiger partial charge is 0.252 e. The zero-order chi connectivity index (χ0) is 16.0. The summed E-state index contributed by atoms with van der Waals surface area (Å²) in [5.41, 5.74) is 3.05. The van der Waals surface area contributed by atoms with Gasteiger partial charge >= 0.3 is 0 Å². The van der Waals surface area contributed by atoms with Crippen LogP contribution in [-0.4, -0.2) is 16.2 Å². The Labute approximate surface area is 138 Å². The molecular weight excluding hydrogens is 308 g/mol. The summed E-state index contributed by atoms with van der Waals surface area (Å²) in [6.07, 6.45) is 2.38. The summed E-state index contributed by atoms with van der Waals surface area (Å²) in [4.78, 5) is 25.1. The second-order valence-electron chi connectivity index (χ2n) is 6.21. The molecule has 0 unspecified atom stereocenters. The minimum atomic E-state index is -0.430. The van der Waals surface area contributed by atoms with Gasteiger partial charge in [-0.25, -0.2) is 0 Å². The van der Waals surface area contributed by atoms with Crippen LogP contribution in [-0.2, 0) is 4.79 Å². The number of para-hydroxylation sites is 1. The number of aryl methyl sites for hydroxylation is 1. The van der Waals surface area contributed by atoms with E-state index in [4.69, 9.17) is 0 Å². The maximum Gasteiger partial charge on any atom is 0.252 e. The molecule has 1 aliphatic carbocycles. The van der Waals surface area contributed by atoms with Gasteiger partial charge in [-0.1, -0.05) is 18.2 Å². The molecular formula is C18H18N2O2S. The lowest BCUT2D eigenvalue weighted by Crippen LogP contribution is -2.32. The van der Waals surface area contributed by atoms with Gasteiger partial charge in [-0.05, 0) is 48.9 Å². The second kappa shape index (κ2) is 5.57. The molecule has 1 N–H and O–H groups in total. The van der Waals surface area contributed by atoms with Gasteiger partial charge < -0.3 is 5.32 Å². The molecule has 0 bridgehead atoms. The molecule has 1 amide bonds. The number of carbonyl (C=O) groups is 1. The van der Waals surface area contributed by atoms with E-state index in [2.05, 4.69) is 5.32 Å². The van der Waals surface area contributed by atoms with E-state index >= 15 is 0 Å². The number of rotatable bonds is 3. The Balaban J connectivity index is 1.69. The van der Waals surface area contributed by atoms with Crippen molar-refractivity contribution in [3.05, 3.63) is 57.9 Å². The summed E-state index contributed by atoms with van der Waals surface area (Å²) in [6, 6.07) is 10.6. The Bertz CT molecular complexity index is 825. The van der Waals surface area contributed by atoms with Crippen LogP contribution in [0.4, 0.5) is 5.69 Å². The van der Waals surface area contributed by atoms with E-state index in [1.165, 1.54) is 18.4 Å². The molecule has 23 heavy (non-hydrogen) atoms. The number of anilines is 1. The SMILES string of the molecule is Cc1cc(=O)n2c(c1C1CC1)SC[C@H]2C(=O)Nc1ccccc1. The topological polar surface area (TPSA) is 51.1 Å². The van der Waals surface area contributed by atoms with Crippen molar-refractivity contribution in [1.82, 2.24) is 4.57 Å². The fourth-order valence-electron chi connectivity index (χ4n) is 3.21. The van der Waals surface area contributed by atoms with Crippen LogP contribution in [0.3, 0.4) is 0 Å². The van der Waals surface area contributed by atoms with E-state index in [-0.39, 0.29) is 11.5 Å². The first-order chi connectivity index (χ1) is 11.1. The molecule has 2 aromatic rings. The molecule has 1 aromatic heterocycles. The molecule has 1 aromatic carbocycles. The van der Waals surface area contributed by atoms with Crippen molar-refractivity contribution in [2.24, 2.45) is 0 Å². The van der Waals surface area contributed by atoms with Gasteiger partial charge in [0.15, 0.2) is 0 Å². The summed E-state index contributed by atoms with van der Waals surface area (Å²) >= 11 is 1.64. The van der Waals surface area contributed by atoms with Gasteiger partial charge in [0.2, 0.25) is 5.91 Å². The Morgan fingerprint density at radius 1 is 1.26 bits per heavy atom. The molecule has 2 heterocycles. The van der Waals surface area contributed by atoms with E-state index in [9.17, 15) is 9.59 Å². The molecule has 0 spiro atoms. The third-order valence-corrected chi connectivity index (χ3v) is 5.64. The molecule has 5 heteroatoms. The van der Waals surface area contributed by atoms with Gasteiger partial charge in [0.05, 0.1) is 5.03 Å². The van der Waals surface area contributed by atoms with Gasteiger partial charge in [-0.3, -0.25) is 14.2 Å². The third kappa shape index (κ3) is 2.59. The number of fused-ring (bicyclic) bond motifs is 1. The van der Waals surface area contributed by atoms with Crippen LogP contribution in [0.2, 0.25) is 0 Å². The Morgan fingerprint density at radius 3 is 2.70 bits per heavy atom. The molecule has 1 atom stereocenters. The van der Waals surface area contributed by atoms with Crippen molar-refractivity contribution < 1.29 is 4.79 Å². The molecule has 4 rings (SSSR count). The fraction of sp³-hybridized carbons (Fsp3) is 0.333. The van der Waals surface area contributed by atoms with E-state index in [0.29, 0.717) is 11.7 Å². The van der Waals surface area contributed by atoms with Crippen LogP contribution < -0.4 is 10.9 Å². The average molecular weight is 326 g/mol. The summed E-state index contributed by atoms with van der Waals surface area (Å²) in [5, 5.41) is 3.92. The molecule has 118 valence electrons. The lowest BCUT2D eigenvalue weighted by molar-refractivity contribution is -0.118. The van der Waals surface area contributed by atoms with Crippen LogP contribution in [0, 0.1) is 6.92 Å². The normalized spacial score (nSPS) is 19.4. The van der Waals surface area contributed by atoms with Crippen molar-refractivity contribution in [2.75, 3.05) is 11.1 Å². The monoisotopic (exact) mass is 326 g/mol. The Kier molecular flexibility index (Phi) is 3.53. The van der Waals surface area contributed by atoms with E-state index in [0.717, 1.165) is 16.3 Å². The van der Waals surface area contributed by atoms with Gasteiger partial charge in [0.25, 0.3) is 5.56 Å². The van der Waals surface area contributed by atoms with Gasteiger partial charge in [0.1, 0.15) is 6.04 Å². The van der Waals surface area contributed by atoms with Crippen molar-refractivity contribution in [3.8, 4) is 0 Å². The van der Waals surface area contributed by atoms with Crippen molar-refractivity contribution >= 4 is 23.4 Å². The molecule has 1 fully saturated rings. The number of hydrogen-bond acceptors (Lipinski definition) is 3. The predicted molar refractivity (Wildman–Crippen MR) is 92.2 cm³/mol. The van der Waals surface area contributed by atoms with Crippen LogP contribution >= 0.6 is 11.8 Å².